The normalized spacial score (nSPS) is 16.0. The van der Waals surface area contributed by atoms with E-state index in [2.05, 4.69) is 10.0 Å². The second-order valence-corrected chi connectivity index (χ2v) is 9.26. The topological polar surface area (TPSA) is 75.3 Å². The summed E-state index contributed by atoms with van der Waals surface area (Å²) in [5, 5.41) is 3.12. The first-order valence-electron chi connectivity index (χ1n) is 10.1. The van der Waals surface area contributed by atoms with Gasteiger partial charge in [-0.3, -0.25) is 4.79 Å². The zero-order valence-electron chi connectivity index (χ0n) is 16.4. The van der Waals surface area contributed by atoms with Gasteiger partial charge in [0.2, 0.25) is 10.0 Å². The fourth-order valence-corrected chi connectivity index (χ4v) is 4.54. The lowest BCUT2D eigenvalue weighted by Gasteiger charge is -2.21. The Morgan fingerprint density at radius 2 is 1.48 bits per heavy atom. The van der Waals surface area contributed by atoms with Gasteiger partial charge in [0.25, 0.3) is 5.91 Å². The van der Waals surface area contributed by atoms with E-state index in [0.29, 0.717) is 5.56 Å². The van der Waals surface area contributed by atoms with Gasteiger partial charge in [0.05, 0.1) is 4.90 Å². The average Bonchev–Trinajstić information content (AvgIpc) is 2.69. The number of rotatable bonds is 6. The van der Waals surface area contributed by atoms with E-state index in [1.54, 1.807) is 24.3 Å². The number of hydrogen-bond acceptors (Lipinski definition) is 3. The highest BCUT2D eigenvalue weighted by molar-refractivity contribution is 7.89. The molecule has 0 aromatic heterocycles. The molecule has 0 bridgehead atoms. The molecule has 2 aromatic carbocycles. The molecule has 0 heterocycles. The molecule has 0 atom stereocenters. The molecular formula is C22H27FN2O3S. The first-order chi connectivity index (χ1) is 13.9. The number of nitrogens with one attached hydrogen (secondary N) is 2. The maximum atomic E-state index is 13.0. The third-order valence-electron chi connectivity index (χ3n) is 5.25. The van der Waals surface area contributed by atoms with Crippen molar-refractivity contribution in [2.75, 3.05) is 0 Å². The first-order valence-corrected chi connectivity index (χ1v) is 11.6. The van der Waals surface area contributed by atoms with Gasteiger partial charge in [0, 0.05) is 18.2 Å². The first kappa shape index (κ1) is 21.5. The van der Waals surface area contributed by atoms with E-state index in [0.717, 1.165) is 43.4 Å². The molecule has 5 nitrogen and oxygen atoms in total. The van der Waals surface area contributed by atoms with Crippen molar-refractivity contribution in [2.45, 2.75) is 62.4 Å². The van der Waals surface area contributed by atoms with Crippen molar-refractivity contribution in [2.24, 2.45) is 0 Å². The standard InChI is InChI=1S/C22H27FN2O3S/c23-19-12-14-21(15-13-19)29(27,28)24-16-17-8-10-18(11-9-17)22(26)25-20-6-4-2-1-3-5-7-20/h8-15,20,24H,1-7,16H2,(H,25,26). The summed E-state index contributed by atoms with van der Waals surface area (Å²) >= 11 is 0. The molecule has 1 aliphatic rings. The molecule has 1 amide bonds. The Bertz CT molecular complexity index is 904. The van der Waals surface area contributed by atoms with Crippen molar-refractivity contribution in [3.8, 4) is 0 Å². The summed E-state index contributed by atoms with van der Waals surface area (Å²) in [6.45, 7) is 0.0875. The third-order valence-corrected chi connectivity index (χ3v) is 6.66. The highest BCUT2D eigenvalue weighted by atomic mass is 32.2. The van der Waals surface area contributed by atoms with E-state index in [1.807, 2.05) is 0 Å². The Labute approximate surface area is 171 Å². The molecule has 0 unspecified atom stereocenters. The predicted octanol–water partition coefficient (Wildman–Crippen LogP) is 4.15. The van der Waals surface area contributed by atoms with E-state index in [9.17, 15) is 17.6 Å². The monoisotopic (exact) mass is 418 g/mol. The Morgan fingerprint density at radius 3 is 2.10 bits per heavy atom. The molecule has 0 saturated heterocycles. The highest BCUT2D eigenvalue weighted by Crippen LogP contribution is 2.18. The molecule has 3 rings (SSSR count). The Hall–Kier alpha value is -2.25. The molecule has 0 spiro atoms. The Morgan fingerprint density at radius 1 is 0.897 bits per heavy atom. The van der Waals surface area contributed by atoms with Crippen molar-refractivity contribution in [1.82, 2.24) is 10.0 Å². The highest BCUT2D eigenvalue weighted by Gasteiger charge is 2.16. The molecular weight excluding hydrogens is 391 g/mol. The molecule has 1 fully saturated rings. The van der Waals surface area contributed by atoms with Gasteiger partial charge in [0.1, 0.15) is 5.82 Å². The van der Waals surface area contributed by atoms with Crippen LogP contribution in [0.4, 0.5) is 4.39 Å². The summed E-state index contributed by atoms with van der Waals surface area (Å²) < 4.78 is 40.0. The Kier molecular flexibility index (Phi) is 7.39. The molecule has 0 radical (unpaired) electrons. The minimum Gasteiger partial charge on any atom is -0.349 e. The second-order valence-electron chi connectivity index (χ2n) is 7.49. The van der Waals surface area contributed by atoms with Crippen LogP contribution in [0.3, 0.4) is 0 Å². The van der Waals surface area contributed by atoms with Gasteiger partial charge >= 0.3 is 0 Å². The quantitative estimate of drug-likeness (QED) is 0.740. The van der Waals surface area contributed by atoms with E-state index < -0.39 is 15.8 Å². The van der Waals surface area contributed by atoms with Crippen molar-refractivity contribution in [1.29, 1.82) is 0 Å². The van der Waals surface area contributed by atoms with Crippen LogP contribution in [0.25, 0.3) is 0 Å². The number of carbonyl (C=O) groups excluding carboxylic acids is 1. The summed E-state index contributed by atoms with van der Waals surface area (Å²) in [4.78, 5) is 12.5. The zero-order valence-corrected chi connectivity index (χ0v) is 17.2. The van der Waals surface area contributed by atoms with Crippen LogP contribution in [0.1, 0.15) is 60.9 Å². The van der Waals surface area contributed by atoms with Crippen molar-refractivity contribution in [3.05, 3.63) is 65.5 Å². The molecule has 2 N–H and O–H groups in total. The summed E-state index contributed by atoms with van der Waals surface area (Å²) in [5.41, 5.74) is 1.30. The van der Waals surface area contributed by atoms with Gasteiger partial charge in [-0.2, -0.15) is 0 Å². The predicted molar refractivity (Wildman–Crippen MR) is 110 cm³/mol. The van der Waals surface area contributed by atoms with Gasteiger partial charge < -0.3 is 5.32 Å². The molecule has 7 heteroatoms. The fraction of sp³-hybridized carbons (Fsp3) is 0.409. The molecule has 2 aromatic rings. The largest absolute Gasteiger partial charge is 0.349 e. The molecule has 156 valence electrons. The summed E-state index contributed by atoms with van der Waals surface area (Å²) in [7, 11) is -3.72. The van der Waals surface area contributed by atoms with Crippen LogP contribution >= 0.6 is 0 Å². The molecule has 1 aliphatic carbocycles. The van der Waals surface area contributed by atoms with Crippen LogP contribution in [-0.2, 0) is 16.6 Å². The van der Waals surface area contributed by atoms with Crippen molar-refractivity contribution in [3.63, 3.8) is 0 Å². The lowest BCUT2D eigenvalue weighted by Crippen LogP contribution is -2.35. The third kappa shape index (κ3) is 6.37. The van der Waals surface area contributed by atoms with E-state index in [1.165, 1.54) is 31.4 Å². The molecule has 1 saturated carbocycles. The number of amides is 1. The second kappa shape index (κ2) is 9.98. The van der Waals surface area contributed by atoms with Gasteiger partial charge in [-0.05, 0) is 54.8 Å². The number of benzene rings is 2. The number of hydrogen-bond donors (Lipinski definition) is 2. The van der Waals surface area contributed by atoms with Crippen LogP contribution in [-0.4, -0.2) is 20.4 Å². The maximum absolute atomic E-state index is 13.0. The average molecular weight is 419 g/mol. The smallest absolute Gasteiger partial charge is 0.251 e. The SMILES string of the molecule is O=C(NC1CCCCCCC1)c1ccc(CNS(=O)(=O)c2ccc(F)cc2)cc1. The van der Waals surface area contributed by atoms with Crippen LogP contribution in [0.15, 0.2) is 53.4 Å². The van der Waals surface area contributed by atoms with E-state index in [4.69, 9.17) is 0 Å². The summed E-state index contributed by atoms with van der Waals surface area (Å²) in [6.07, 6.45) is 8.09. The van der Waals surface area contributed by atoms with Gasteiger partial charge in [0.15, 0.2) is 0 Å². The van der Waals surface area contributed by atoms with Crippen LogP contribution in [0.5, 0.6) is 0 Å². The minimum absolute atomic E-state index is 0.00842. The van der Waals surface area contributed by atoms with E-state index in [-0.39, 0.29) is 23.4 Å². The van der Waals surface area contributed by atoms with Crippen molar-refractivity contribution >= 4 is 15.9 Å². The number of sulfonamides is 1. The molecule has 0 aliphatic heterocycles. The zero-order chi connectivity index (χ0) is 20.7. The summed E-state index contributed by atoms with van der Waals surface area (Å²) in [5.74, 6) is -0.578. The molecule has 29 heavy (non-hydrogen) atoms. The van der Waals surface area contributed by atoms with Gasteiger partial charge in [-0.15, -0.1) is 0 Å². The minimum atomic E-state index is -3.72. The maximum Gasteiger partial charge on any atom is 0.251 e. The van der Waals surface area contributed by atoms with Crippen LogP contribution in [0, 0.1) is 5.82 Å². The van der Waals surface area contributed by atoms with Gasteiger partial charge in [-0.25, -0.2) is 17.5 Å². The number of halogens is 1. The van der Waals surface area contributed by atoms with Gasteiger partial charge in [-0.1, -0.05) is 44.2 Å². The summed E-state index contributed by atoms with van der Waals surface area (Å²) in [6, 6.07) is 11.8. The lowest BCUT2D eigenvalue weighted by atomic mass is 9.96. The van der Waals surface area contributed by atoms with E-state index >= 15 is 0 Å². The fourth-order valence-electron chi connectivity index (χ4n) is 3.52. The van der Waals surface area contributed by atoms with Crippen LogP contribution < -0.4 is 10.0 Å². The lowest BCUT2D eigenvalue weighted by molar-refractivity contribution is 0.0930. The number of carbonyl (C=O) groups is 1. The van der Waals surface area contributed by atoms with Crippen molar-refractivity contribution < 1.29 is 17.6 Å². The van der Waals surface area contributed by atoms with Crippen LogP contribution in [0.2, 0.25) is 0 Å². The Balaban J connectivity index is 1.55.